The molecule has 1 unspecified atom stereocenters. The Kier molecular flexibility index (Phi) is 10.9. The minimum absolute atomic E-state index is 0.0691. The first-order valence-corrected chi connectivity index (χ1v) is 15.2. The quantitative estimate of drug-likeness (QED) is 0.312. The van der Waals surface area contributed by atoms with Gasteiger partial charge in [-0.25, -0.2) is 8.42 Å². The van der Waals surface area contributed by atoms with Crippen molar-refractivity contribution in [3.63, 3.8) is 0 Å². The molecule has 0 bridgehead atoms. The molecule has 0 spiro atoms. The Hall–Kier alpha value is -3.36. The predicted molar refractivity (Wildman–Crippen MR) is 157 cm³/mol. The summed E-state index contributed by atoms with van der Waals surface area (Å²) in [5, 5.41) is 3.50. The van der Waals surface area contributed by atoms with Crippen LogP contribution in [0.3, 0.4) is 0 Å². The lowest BCUT2D eigenvalue weighted by Crippen LogP contribution is -2.51. The van der Waals surface area contributed by atoms with Gasteiger partial charge >= 0.3 is 0 Å². The summed E-state index contributed by atoms with van der Waals surface area (Å²) < 4.78 is 26.3. The van der Waals surface area contributed by atoms with Crippen molar-refractivity contribution in [2.24, 2.45) is 0 Å². The molecule has 0 aromatic heterocycles. The molecule has 39 heavy (non-hydrogen) atoms. The fourth-order valence-corrected chi connectivity index (χ4v) is 5.54. The van der Waals surface area contributed by atoms with Crippen LogP contribution in [0.1, 0.15) is 37.8 Å². The fraction of sp³-hybridized carbons (Fsp3) is 0.333. The molecule has 0 aliphatic carbocycles. The summed E-state index contributed by atoms with van der Waals surface area (Å²) in [7, 11) is -3.54. The number of carbonyl (C=O) groups is 2. The van der Waals surface area contributed by atoms with Gasteiger partial charge in [-0.05, 0) is 55.7 Å². The molecule has 0 aliphatic heterocycles. The van der Waals surface area contributed by atoms with E-state index in [4.69, 9.17) is 11.6 Å². The van der Waals surface area contributed by atoms with Gasteiger partial charge in [-0.2, -0.15) is 0 Å². The number of nitrogens with one attached hydrogen (secondary N) is 1. The molecule has 0 radical (unpaired) electrons. The number of sulfonamides is 1. The van der Waals surface area contributed by atoms with Crippen LogP contribution < -0.4 is 9.62 Å². The van der Waals surface area contributed by atoms with Crippen LogP contribution in [0.2, 0.25) is 5.02 Å². The zero-order chi connectivity index (χ0) is 28.4. The van der Waals surface area contributed by atoms with E-state index in [-0.39, 0.29) is 43.8 Å². The zero-order valence-corrected chi connectivity index (χ0v) is 24.2. The summed E-state index contributed by atoms with van der Waals surface area (Å²) in [6.45, 7) is 4.09. The second-order valence-electron chi connectivity index (χ2n) is 9.79. The SMILES string of the molecule is CC(C)NC(=O)C(Cc1ccccc1)N(Cc1cccc(Cl)c1)C(=O)CCCN(c1ccccc1)S(C)(=O)=O. The van der Waals surface area contributed by atoms with Gasteiger partial charge in [-0.3, -0.25) is 13.9 Å². The van der Waals surface area contributed by atoms with Crippen LogP contribution in [0.4, 0.5) is 5.69 Å². The van der Waals surface area contributed by atoms with E-state index < -0.39 is 16.1 Å². The van der Waals surface area contributed by atoms with Gasteiger partial charge in [0.05, 0.1) is 11.9 Å². The highest BCUT2D eigenvalue weighted by Gasteiger charge is 2.31. The smallest absolute Gasteiger partial charge is 0.243 e. The number of para-hydroxylation sites is 1. The Morgan fingerprint density at radius 3 is 2.10 bits per heavy atom. The van der Waals surface area contributed by atoms with Crippen molar-refractivity contribution in [3.05, 3.63) is 101 Å². The number of halogens is 1. The molecule has 2 amide bonds. The van der Waals surface area contributed by atoms with Crippen molar-refractivity contribution in [2.45, 2.75) is 51.7 Å². The van der Waals surface area contributed by atoms with Gasteiger partial charge in [0.15, 0.2) is 0 Å². The molecule has 0 saturated carbocycles. The van der Waals surface area contributed by atoms with Crippen molar-refractivity contribution in [1.29, 1.82) is 0 Å². The number of amides is 2. The third-order valence-electron chi connectivity index (χ3n) is 6.14. The Morgan fingerprint density at radius 2 is 1.51 bits per heavy atom. The molecule has 3 aromatic rings. The molecule has 0 aliphatic rings. The predicted octanol–water partition coefficient (Wildman–Crippen LogP) is 5.05. The van der Waals surface area contributed by atoms with Crippen molar-refractivity contribution >= 4 is 39.1 Å². The summed E-state index contributed by atoms with van der Waals surface area (Å²) in [6, 6.07) is 24.7. The first-order chi connectivity index (χ1) is 18.5. The molecule has 9 heteroatoms. The highest BCUT2D eigenvalue weighted by atomic mass is 35.5. The molecule has 0 saturated heterocycles. The topological polar surface area (TPSA) is 86.8 Å². The lowest BCUT2D eigenvalue weighted by atomic mass is 10.0. The van der Waals surface area contributed by atoms with Crippen LogP contribution in [-0.2, 0) is 32.6 Å². The zero-order valence-electron chi connectivity index (χ0n) is 22.6. The molecular formula is C30H36ClN3O4S. The number of hydrogen-bond donors (Lipinski definition) is 1. The number of carbonyl (C=O) groups excluding carboxylic acids is 2. The van der Waals surface area contributed by atoms with E-state index in [1.165, 1.54) is 4.31 Å². The lowest BCUT2D eigenvalue weighted by molar-refractivity contribution is -0.141. The second kappa shape index (κ2) is 14.1. The standard InChI is InChI=1S/C30H36ClN3O4S/c1-23(2)32-30(36)28(21-24-12-6-4-7-13-24)33(22-25-14-10-15-26(31)20-25)29(35)18-11-19-34(39(3,37)38)27-16-8-5-9-17-27/h4-10,12-17,20,23,28H,11,18-19,21-22H2,1-3H3,(H,32,36). The van der Waals surface area contributed by atoms with E-state index in [2.05, 4.69) is 5.32 Å². The fourth-order valence-electron chi connectivity index (χ4n) is 4.36. The maximum atomic E-state index is 13.8. The molecule has 7 nitrogen and oxygen atoms in total. The Bertz CT molecular complexity index is 1330. The third kappa shape index (κ3) is 9.41. The average molecular weight is 570 g/mol. The number of hydrogen-bond acceptors (Lipinski definition) is 4. The van der Waals surface area contributed by atoms with Crippen LogP contribution in [0.25, 0.3) is 0 Å². The van der Waals surface area contributed by atoms with Gasteiger partial charge in [0, 0.05) is 37.0 Å². The molecule has 3 rings (SSSR count). The Morgan fingerprint density at radius 1 is 0.897 bits per heavy atom. The number of benzene rings is 3. The molecule has 1 atom stereocenters. The van der Waals surface area contributed by atoms with Crippen molar-refractivity contribution in [2.75, 3.05) is 17.1 Å². The van der Waals surface area contributed by atoms with Crippen molar-refractivity contribution < 1.29 is 18.0 Å². The largest absolute Gasteiger partial charge is 0.352 e. The van der Waals surface area contributed by atoms with Crippen LogP contribution in [0, 0.1) is 0 Å². The van der Waals surface area contributed by atoms with Crippen molar-refractivity contribution in [3.8, 4) is 0 Å². The monoisotopic (exact) mass is 569 g/mol. The van der Waals surface area contributed by atoms with E-state index in [1.807, 2.05) is 62.4 Å². The van der Waals surface area contributed by atoms with E-state index in [9.17, 15) is 18.0 Å². The third-order valence-corrected chi connectivity index (χ3v) is 7.57. The average Bonchev–Trinajstić information content (AvgIpc) is 2.88. The number of anilines is 1. The summed E-state index contributed by atoms with van der Waals surface area (Å²) in [5.74, 6) is -0.484. The summed E-state index contributed by atoms with van der Waals surface area (Å²) in [5.41, 5.74) is 2.27. The second-order valence-corrected chi connectivity index (χ2v) is 12.1. The molecule has 0 fully saturated rings. The van der Waals surface area contributed by atoms with Crippen LogP contribution in [0.5, 0.6) is 0 Å². The minimum atomic E-state index is -3.54. The maximum Gasteiger partial charge on any atom is 0.243 e. The van der Waals surface area contributed by atoms with E-state index in [0.717, 1.165) is 17.4 Å². The van der Waals surface area contributed by atoms with E-state index >= 15 is 0 Å². The lowest BCUT2D eigenvalue weighted by Gasteiger charge is -2.32. The first-order valence-electron chi connectivity index (χ1n) is 13.0. The van der Waals surface area contributed by atoms with E-state index in [0.29, 0.717) is 17.1 Å². The highest BCUT2D eigenvalue weighted by molar-refractivity contribution is 7.92. The van der Waals surface area contributed by atoms with Crippen molar-refractivity contribution in [1.82, 2.24) is 10.2 Å². The molecule has 1 N–H and O–H groups in total. The van der Waals surface area contributed by atoms with Crippen LogP contribution in [0.15, 0.2) is 84.9 Å². The highest BCUT2D eigenvalue weighted by Crippen LogP contribution is 2.21. The van der Waals surface area contributed by atoms with Gasteiger partial charge in [0.2, 0.25) is 21.8 Å². The van der Waals surface area contributed by atoms with Gasteiger partial charge in [0.25, 0.3) is 0 Å². The van der Waals surface area contributed by atoms with Gasteiger partial charge < -0.3 is 10.2 Å². The minimum Gasteiger partial charge on any atom is -0.352 e. The molecule has 208 valence electrons. The molecule has 3 aromatic carbocycles. The molecular weight excluding hydrogens is 534 g/mol. The molecule has 0 heterocycles. The van der Waals surface area contributed by atoms with E-state index in [1.54, 1.807) is 41.3 Å². The van der Waals surface area contributed by atoms with Gasteiger partial charge in [-0.1, -0.05) is 72.3 Å². The normalized spacial score (nSPS) is 12.1. The summed E-state index contributed by atoms with van der Waals surface area (Å²) in [6.07, 6.45) is 1.85. The van der Waals surface area contributed by atoms with Crippen LogP contribution >= 0.6 is 11.6 Å². The maximum absolute atomic E-state index is 13.8. The van der Waals surface area contributed by atoms with Gasteiger partial charge in [0.1, 0.15) is 6.04 Å². The number of rotatable bonds is 13. The number of nitrogens with zero attached hydrogens (tertiary/aromatic N) is 2. The van der Waals surface area contributed by atoms with Gasteiger partial charge in [-0.15, -0.1) is 0 Å². The Balaban J connectivity index is 1.87. The van der Waals surface area contributed by atoms with Crippen LogP contribution in [-0.4, -0.2) is 50.0 Å². The summed E-state index contributed by atoms with van der Waals surface area (Å²) >= 11 is 6.22. The Labute approximate surface area is 236 Å². The first kappa shape index (κ1) is 30.2. The summed E-state index contributed by atoms with van der Waals surface area (Å²) in [4.78, 5) is 28.8.